The zero-order valence-corrected chi connectivity index (χ0v) is 16.0. The van der Waals surface area contributed by atoms with Gasteiger partial charge in [0, 0.05) is 24.8 Å². The van der Waals surface area contributed by atoms with Gasteiger partial charge >= 0.3 is 12.1 Å². The third-order valence-corrected chi connectivity index (χ3v) is 3.83. The first-order chi connectivity index (χ1) is 12.2. The first-order valence-corrected chi connectivity index (χ1v) is 8.62. The van der Waals surface area contributed by atoms with Gasteiger partial charge < -0.3 is 19.1 Å². The van der Waals surface area contributed by atoms with Crippen LogP contribution in [-0.4, -0.2) is 56.1 Å². The molecule has 8 heteroatoms. The van der Waals surface area contributed by atoms with Gasteiger partial charge in [-0.15, -0.1) is 0 Å². The van der Waals surface area contributed by atoms with Crippen LogP contribution < -0.4 is 10.2 Å². The topological polar surface area (TPSA) is 90.0 Å². The number of carbonyl (C=O) groups is 2. The molecule has 1 N–H and O–H groups in total. The van der Waals surface area contributed by atoms with Gasteiger partial charge in [0.25, 0.3) is 0 Å². The molecule has 1 aliphatic heterocycles. The van der Waals surface area contributed by atoms with Gasteiger partial charge in [0.15, 0.2) is 0 Å². The van der Waals surface area contributed by atoms with E-state index in [2.05, 4.69) is 15.2 Å². The number of hydrogen-bond donors (Lipinski definition) is 1. The third-order valence-electron chi connectivity index (χ3n) is 3.83. The molecule has 2 rings (SSSR count). The Morgan fingerprint density at radius 1 is 1.27 bits per heavy atom. The minimum absolute atomic E-state index is 0.328. The van der Waals surface area contributed by atoms with Crippen LogP contribution in [0.3, 0.4) is 0 Å². The quantitative estimate of drug-likeness (QED) is 0.820. The fourth-order valence-electron chi connectivity index (χ4n) is 2.53. The van der Waals surface area contributed by atoms with Crippen LogP contribution in [0.2, 0.25) is 0 Å². The van der Waals surface area contributed by atoms with Crippen LogP contribution >= 0.6 is 0 Å². The fraction of sp³-hybridized carbons (Fsp3) is 0.611. The maximum Gasteiger partial charge on any atom is 0.413 e. The Hall–Kier alpha value is -2.35. The summed E-state index contributed by atoms with van der Waals surface area (Å²) >= 11 is 0. The lowest BCUT2D eigenvalue weighted by atomic mass is 10.1. The first-order valence-electron chi connectivity index (χ1n) is 8.62. The molecule has 0 bridgehead atoms. The number of methoxy groups -OCH3 is 1. The highest BCUT2D eigenvalue weighted by molar-refractivity contribution is 5.85. The van der Waals surface area contributed by atoms with Crippen molar-refractivity contribution in [1.82, 2.24) is 4.98 Å². The summed E-state index contributed by atoms with van der Waals surface area (Å²) in [5, 5.41) is 2.65. The molecule has 1 saturated heterocycles. The van der Waals surface area contributed by atoms with Gasteiger partial charge in [-0.1, -0.05) is 0 Å². The standard InChI is InChI=1S/C18H27N3O5/c1-12(16(22)24-5)14-10-13(21-6-8-25-9-7-21)11-15(19-14)20-17(23)26-18(2,3)4/h10-12H,6-9H2,1-5H3,(H,19,20,23). The number of carbonyl (C=O) groups excluding carboxylic acids is 2. The average molecular weight is 365 g/mol. The van der Waals surface area contributed by atoms with E-state index in [-0.39, 0.29) is 5.97 Å². The molecule has 0 radical (unpaired) electrons. The molecule has 1 aromatic heterocycles. The van der Waals surface area contributed by atoms with E-state index in [1.165, 1.54) is 7.11 Å². The first kappa shape index (κ1) is 20.0. The molecule has 1 fully saturated rings. The lowest BCUT2D eigenvalue weighted by molar-refractivity contribution is -0.142. The molecule has 144 valence electrons. The molecule has 8 nitrogen and oxygen atoms in total. The fourth-order valence-corrected chi connectivity index (χ4v) is 2.53. The van der Waals surface area contributed by atoms with Crippen LogP contribution in [-0.2, 0) is 19.0 Å². The molecule has 1 atom stereocenters. The lowest BCUT2D eigenvalue weighted by Crippen LogP contribution is -2.36. The van der Waals surface area contributed by atoms with Gasteiger partial charge in [0.2, 0.25) is 0 Å². The molecule has 0 aromatic carbocycles. The van der Waals surface area contributed by atoms with Crippen molar-refractivity contribution in [3.05, 3.63) is 17.8 Å². The minimum atomic E-state index is -0.617. The molecule has 0 saturated carbocycles. The highest BCUT2D eigenvalue weighted by Crippen LogP contribution is 2.26. The van der Waals surface area contributed by atoms with Crippen molar-refractivity contribution in [3.8, 4) is 0 Å². The Morgan fingerprint density at radius 2 is 1.92 bits per heavy atom. The predicted molar refractivity (Wildman–Crippen MR) is 97.6 cm³/mol. The van der Waals surface area contributed by atoms with Gasteiger partial charge in [0.1, 0.15) is 11.4 Å². The summed E-state index contributed by atoms with van der Waals surface area (Å²) in [6, 6.07) is 3.61. The van der Waals surface area contributed by atoms with E-state index in [0.29, 0.717) is 24.7 Å². The van der Waals surface area contributed by atoms with Crippen LogP contribution in [0, 0.1) is 0 Å². The van der Waals surface area contributed by atoms with Crippen molar-refractivity contribution in [3.63, 3.8) is 0 Å². The molecule has 26 heavy (non-hydrogen) atoms. The second kappa shape index (κ2) is 8.35. The van der Waals surface area contributed by atoms with E-state index in [4.69, 9.17) is 14.2 Å². The van der Waals surface area contributed by atoms with Crippen molar-refractivity contribution < 1.29 is 23.8 Å². The number of nitrogens with one attached hydrogen (secondary N) is 1. The summed E-state index contributed by atoms with van der Waals surface area (Å²) < 4.78 is 15.5. The van der Waals surface area contributed by atoms with Gasteiger partial charge in [-0.05, 0) is 33.8 Å². The number of amides is 1. The molecular weight excluding hydrogens is 338 g/mol. The number of morpholine rings is 1. The smallest absolute Gasteiger partial charge is 0.413 e. The zero-order valence-electron chi connectivity index (χ0n) is 16.0. The van der Waals surface area contributed by atoms with Crippen LogP contribution in [0.4, 0.5) is 16.3 Å². The van der Waals surface area contributed by atoms with Crippen molar-refractivity contribution in [2.24, 2.45) is 0 Å². The molecule has 2 heterocycles. The molecule has 1 amide bonds. The van der Waals surface area contributed by atoms with E-state index in [0.717, 1.165) is 18.8 Å². The number of anilines is 2. The number of esters is 1. The Bertz CT molecular complexity index is 651. The van der Waals surface area contributed by atoms with Crippen LogP contribution in [0.1, 0.15) is 39.3 Å². The summed E-state index contributed by atoms with van der Waals surface area (Å²) in [7, 11) is 1.34. The van der Waals surface area contributed by atoms with E-state index in [1.54, 1.807) is 33.8 Å². The molecular formula is C18H27N3O5. The summed E-state index contributed by atoms with van der Waals surface area (Å²) in [6.45, 7) is 9.77. The van der Waals surface area contributed by atoms with E-state index in [9.17, 15) is 9.59 Å². The normalized spacial score (nSPS) is 16.0. The molecule has 0 aliphatic carbocycles. The van der Waals surface area contributed by atoms with Crippen LogP contribution in [0.5, 0.6) is 0 Å². The molecule has 1 aliphatic rings. The number of aromatic nitrogens is 1. The largest absolute Gasteiger partial charge is 0.469 e. The Balaban J connectivity index is 2.30. The van der Waals surface area contributed by atoms with Crippen molar-refractivity contribution >= 4 is 23.6 Å². The Kier molecular flexibility index (Phi) is 6.42. The Labute approximate surface area is 153 Å². The van der Waals surface area contributed by atoms with E-state index >= 15 is 0 Å². The van der Waals surface area contributed by atoms with Crippen molar-refractivity contribution in [2.45, 2.75) is 39.2 Å². The van der Waals surface area contributed by atoms with Gasteiger partial charge in [-0.2, -0.15) is 0 Å². The molecule has 1 unspecified atom stereocenters. The summed E-state index contributed by atoms with van der Waals surface area (Å²) in [6.07, 6.45) is -0.596. The second-order valence-electron chi connectivity index (χ2n) is 7.11. The van der Waals surface area contributed by atoms with Gasteiger partial charge in [0.05, 0.1) is 31.9 Å². The van der Waals surface area contributed by atoms with Crippen LogP contribution in [0.15, 0.2) is 12.1 Å². The predicted octanol–water partition coefficient (Wildman–Crippen LogP) is 2.54. The maximum atomic E-state index is 12.1. The zero-order chi connectivity index (χ0) is 19.3. The summed E-state index contributed by atoms with van der Waals surface area (Å²) in [4.78, 5) is 30.5. The second-order valence-corrected chi connectivity index (χ2v) is 7.11. The lowest BCUT2D eigenvalue weighted by Gasteiger charge is -2.29. The van der Waals surface area contributed by atoms with Gasteiger partial charge in [-0.25, -0.2) is 9.78 Å². The van der Waals surface area contributed by atoms with E-state index < -0.39 is 17.6 Å². The highest BCUT2D eigenvalue weighted by atomic mass is 16.6. The average Bonchev–Trinajstić information content (AvgIpc) is 2.59. The molecule has 1 aromatic rings. The SMILES string of the molecule is COC(=O)C(C)c1cc(N2CCOCC2)cc(NC(=O)OC(C)(C)C)n1. The van der Waals surface area contributed by atoms with Crippen molar-refractivity contribution in [2.75, 3.05) is 43.6 Å². The van der Waals surface area contributed by atoms with Crippen LogP contribution in [0.25, 0.3) is 0 Å². The number of nitrogens with zero attached hydrogens (tertiary/aromatic N) is 2. The monoisotopic (exact) mass is 365 g/mol. The van der Waals surface area contributed by atoms with Gasteiger partial charge in [-0.3, -0.25) is 10.1 Å². The third kappa shape index (κ3) is 5.59. The Morgan fingerprint density at radius 3 is 2.50 bits per heavy atom. The summed E-state index contributed by atoms with van der Waals surface area (Å²) in [5.74, 6) is -0.617. The van der Waals surface area contributed by atoms with Crippen molar-refractivity contribution in [1.29, 1.82) is 0 Å². The highest BCUT2D eigenvalue weighted by Gasteiger charge is 2.22. The summed E-state index contributed by atoms with van der Waals surface area (Å²) in [5.41, 5.74) is 0.764. The molecule has 0 spiro atoms. The number of rotatable bonds is 4. The number of hydrogen-bond acceptors (Lipinski definition) is 7. The maximum absolute atomic E-state index is 12.1. The number of pyridine rings is 1. The minimum Gasteiger partial charge on any atom is -0.469 e. The van der Waals surface area contributed by atoms with E-state index in [1.807, 2.05) is 6.07 Å². The number of ether oxygens (including phenoxy) is 3.